The van der Waals surface area contributed by atoms with Gasteiger partial charge in [-0.25, -0.2) is 4.98 Å². The molecule has 0 aromatic carbocycles. The first-order valence-electron chi connectivity index (χ1n) is 19.5. The lowest BCUT2D eigenvalue weighted by molar-refractivity contribution is -0.146. The number of aromatic nitrogens is 3. The number of likely N-dealkylation sites (tertiary alicyclic amines) is 1. The van der Waals surface area contributed by atoms with Crippen molar-refractivity contribution in [2.45, 2.75) is 129 Å². The number of pyridine rings is 1. The monoisotopic (exact) mass is 744 g/mol. The lowest BCUT2D eigenvalue weighted by atomic mass is 9.82. The zero-order valence-corrected chi connectivity index (χ0v) is 32.2. The summed E-state index contributed by atoms with van der Waals surface area (Å²) in [6.07, 6.45) is 15.2. The minimum atomic E-state index is -1.08. The predicted octanol–water partition coefficient (Wildman–Crippen LogP) is 3.44. The number of fused-ring (bicyclic) bond motifs is 1. The van der Waals surface area contributed by atoms with E-state index >= 15 is 0 Å². The van der Waals surface area contributed by atoms with Crippen LogP contribution >= 0.6 is 0 Å². The number of nitrogens with zero attached hydrogens (tertiary/aromatic N) is 4. The van der Waals surface area contributed by atoms with E-state index in [2.05, 4.69) is 36.2 Å². The molecule has 14 nitrogen and oxygen atoms in total. The van der Waals surface area contributed by atoms with Crippen LogP contribution in [0, 0.1) is 23.2 Å². The third-order valence-corrected chi connectivity index (χ3v) is 11.3. The first kappa shape index (κ1) is 40.4. The molecule has 5 rings (SSSR count). The number of ketones is 1. The summed E-state index contributed by atoms with van der Waals surface area (Å²) in [7, 11) is 0. The van der Waals surface area contributed by atoms with Crippen molar-refractivity contribution in [1.29, 1.82) is 0 Å². The van der Waals surface area contributed by atoms with Crippen molar-refractivity contribution in [2.75, 3.05) is 6.54 Å². The van der Waals surface area contributed by atoms with Gasteiger partial charge in [0.15, 0.2) is 0 Å². The lowest BCUT2D eigenvalue weighted by Gasteiger charge is -2.38. The van der Waals surface area contributed by atoms with Crippen LogP contribution in [0.25, 0.3) is 0 Å². The highest BCUT2D eigenvalue weighted by Crippen LogP contribution is 2.43. The first-order valence-corrected chi connectivity index (χ1v) is 19.5. The molecule has 14 heteroatoms. The van der Waals surface area contributed by atoms with Crippen molar-refractivity contribution in [1.82, 2.24) is 41.1 Å². The Balaban J connectivity index is 1.34. The smallest absolute Gasteiger partial charge is 0.290 e. The van der Waals surface area contributed by atoms with E-state index in [-0.39, 0.29) is 29.9 Å². The topological polar surface area (TPSA) is 192 Å². The average Bonchev–Trinajstić information content (AvgIpc) is 3.77. The average molecular weight is 745 g/mol. The van der Waals surface area contributed by atoms with Crippen molar-refractivity contribution >= 4 is 35.3 Å². The fourth-order valence-corrected chi connectivity index (χ4v) is 8.37. The van der Waals surface area contributed by atoms with E-state index in [1.54, 1.807) is 36.4 Å². The Kier molecular flexibility index (Phi) is 13.5. The highest BCUT2D eigenvalue weighted by atomic mass is 16.2. The van der Waals surface area contributed by atoms with Gasteiger partial charge in [-0.2, -0.15) is 0 Å². The normalized spacial score (nSPS) is 22.2. The van der Waals surface area contributed by atoms with Gasteiger partial charge in [0.25, 0.3) is 11.8 Å². The summed E-state index contributed by atoms with van der Waals surface area (Å²) in [5, 5.41) is 11.5. The standard InChI is InChI=1S/C40H56N8O6/c1-6-12-29(33(49)38(53)44-24(2)26-16-11-18-41-21-26)45-37(52)32-28-17-10-15-27(28)23-48(32)39(54)34(40(3,4)5)47-36(51)31(25-13-8-7-9-14-25)46-35(50)30-22-42-19-20-43-30/h11,16,18-22,24-25,27-29,31-32,34H,6-10,12-15,17,23H2,1-5H3,(H,44,53)(H,45,52)(H,46,50)(H,47,51)/t24-,27+,28+,29-,31-,32+,34-/m1/s1. The second-order valence-electron chi connectivity index (χ2n) is 16.2. The van der Waals surface area contributed by atoms with E-state index in [0.29, 0.717) is 13.0 Å². The summed E-state index contributed by atoms with van der Waals surface area (Å²) in [6.45, 7) is 9.54. The predicted molar refractivity (Wildman–Crippen MR) is 200 cm³/mol. The first-order chi connectivity index (χ1) is 25.8. The summed E-state index contributed by atoms with van der Waals surface area (Å²) in [6, 6.07) is -0.798. The van der Waals surface area contributed by atoms with Gasteiger partial charge < -0.3 is 26.2 Å². The minimum Gasteiger partial charge on any atom is -0.344 e. The number of hydrogen-bond donors (Lipinski definition) is 4. The number of carbonyl (C=O) groups excluding carboxylic acids is 6. The Labute approximate surface area is 317 Å². The Morgan fingerprint density at radius 3 is 2.26 bits per heavy atom. The Morgan fingerprint density at radius 1 is 0.870 bits per heavy atom. The molecule has 2 aromatic rings. The minimum absolute atomic E-state index is 0.0891. The van der Waals surface area contributed by atoms with Crippen LogP contribution in [-0.4, -0.2) is 85.9 Å². The molecule has 3 heterocycles. The maximum absolute atomic E-state index is 14.7. The molecule has 292 valence electrons. The number of rotatable bonds is 14. The van der Waals surface area contributed by atoms with Crippen LogP contribution in [0.4, 0.5) is 0 Å². The van der Waals surface area contributed by atoms with Crippen LogP contribution in [0.2, 0.25) is 0 Å². The number of Topliss-reactive ketones (excluding diaryl/α,β-unsaturated/α-hetero) is 1. The van der Waals surface area contributed by atoms with Gasteiger partial charge >= 0.3 is 0 Å². The van der Waals surface area contributed by atoms with E-state index in [9.17, 15) is 28.8 Å². The van der Waals surface area contributed by atoms with E-state index in [4.69, 9.17) is 0 Å². The van der Waals surface area contributed by atoms with E-state index in [1.807, 2.05) is 27.7 Å². The third kappa shape index (κ3) is 9.67. The maximum Gasteiger partial charge on any atom is 0.290 e. The molecule has 5 amide bonds. The van der Waals surface area contributed by atoms with Gasteiger partial charge in [-0.3, -0.25) is 38.7 Å². The highest BCUT2D eigenvalue weighted by molar-refractivity contribution is 6.38. The van der Waals surface area contributed by atoms with Crippen molar-refractivity contribution in [3.63, 3.8) is 0 Å². The fourth-order valence-electron chi connectivity index (χ4n) is 8.37. The van der Waals surface area contributed by atoms with Crippen molar-refractivity contribution in [2.24, 2.45) is 23.2 Å². The quantitative estimate of drug-likeness (QED) is 0.210. The van der Waals surface area contributed by atoms with Gasteiger partial charge in [0.05, 0.1) is 18.3 Å². The zero-order chi connectivity index (χ0) is 39.0. The van der Waals surface area contributed by atoms with Crippen molar-refractivity contribution in [3.05, 3.63) is 54.4 Å². The molecule has 2 aliphatic carbocycles. The number of nitrogens with one attached hydrogen (secondary N) is 4. The number of hydrogen-bond acceptors (Lipinski definition) is 9. The molecule has 2 saturated carbocycles. The molecule has 2 aromatic heterocycles. The molecule has 0 radical (unpaired) electrons. The van der Waals surface area contributed by atoms with Crippen LogP contribution < -0.4 is 21.3 Å². The maximum atomic E-state index is 14.7. The molecule has 0 spiro atoms. The molecule has 0 bridgehead atoms. The molecule has 1 aliphatic heterocycles. The molecular weight excluding hydrogens is 688 g/mol. The summed E-state index contributed by atoms with van der Waals surface area (Å²) in [5.41, 5.74) is 0.0641. The molecule has 7 atom stereocenters. The van der Waals surface area contributed by atoms with Crippen LogP contribution in [0.5, 0.6) is 0 Å². The zero-order valence-electron chi connectivity index (χ0n) is 32.2. The SMILES string of the molecule is CCC[C@@H](NC(=O)[C@@H]1[C@H]2CCC[C@H]2CN1C(=O)[C@@H](NC(=O)[C@H](NC(=O)c1cnccn1)C1CCCCC1)C(C)(C)C)C(=O)C(=O)N[C@H](C)c1cccnc1. The molecule has 0 unspecified atom stereocenters. The molecule has 1 saturated heterocycles. The van der Waals surface area contributed by atoms with E-state index in [1.165, 1.54) is 18.6 Å². The highest BCUT2D eigenvalue weighted by Gasteiger charge is 2.52. The summed E-state index contributed by atoms with van der Waals surface area (Å²) in [5.74, 6) is -3.58. The fraction of sp³-hybridized carbons (Fsp3) is 0.625. The molecule has 4 N–H and O–H groups in total. The third-order valence-electron chi connectivity index (χ3n) is 11.3. The Morgan fingerprint density at radius 2 is 1.61 bits per heavy atom. The van der Waals surface area contributed by atoms with Crippen molar-refractivity contribution in [3.8, 4) is 0 Å². The largest absolute Gasteiger partial charge is 0.344 e. The van der Waals surface area contributed by atoms with Gasteiger partial charge in [0.1, 0.15) is 23.8 Å². The van der Waals surface area contributed by atoms with E-state index in [0.717, 1.165) is 56.9 Å². The summed E-state index contributed by atoms with van der Waals surface area (Å²) < 4.78 is 0. The van der Waals surface area contributed by atoms with Gasteiger partial charge in [-0.1, -0.05) is 65.9 Å². The second-order valence-corrected chi connectivity index (χ2v) is 16.2. The Bertz CT molecular complexity index is 1640. The molecule has 3 fully saturated rings. The number of amides is 5. The Hall–Kier alpha value is -4.75. The van der Waals surface area contributed by atoms with Gasteiger partial charge in [-0.15, -0.1) is 0 Å². The van der Waals surface area contributed by atoms with Crippen LogP contribution in [-0.2, 0) is 24.0 Å². The molecule has 3 aliphatic rings. The van der Waals surface area contributed by atoms with Crippen LogP contribution in [0.15, 0.2) is 43.1 Å². The van der Waals surface area contributed by atoms with Gasteiger partial charge in [0.2, 0.25) is 23.5 Å². The van der Waals surface area contributed by atoms with Gasteiger partial charge in [0, 0.05) is 31.3 Å². The summed E-state index contributed by atoms with van der Waals surface area (Å²) >= 11 is 0. The molecular formula is C40H56N8O6. The van der Waals surface area contributed by atoms with Crippen molar-refractivity contribution < 1.29 is 28.8 Å². The van der Waals surface area contributed by atoms with E-state index < -0.39 is 70.9 Å². The molecule has 54 heavy (non-hydrogen) atoms. The van der Waals surface area contributed by atoms with Gasteiger partial charge in [-0.05, 0) is 73.8 Å². The number of carbonyl (C=O) groups is 6. The van der Waals surface area contributed by atoms with Crippen LogP contribution in [0.1, 0.15) is 121 Å². The lowest BCUT2D eigenvalue weighted by Crippen LogP contribution is -2.62. The summed E-state index contributed by atoms with van der Waals surface area (Å²) in [4.78, 5) is 96.9. The van der Waals surface area contributed by atoms with Crippen LogP contribution in [0.3, 0.4) is 0 Å². The second kappa shape index (κ2) is 18.1.